The van der Waals surface area contributed by atoms with Crippen LogP contribution in [0.3, 0.4) is 0 Å². The number of rotatable bonds is 7. The van der Waals surface area contributed by atoms with Crippen molar-refractivity contribution in [3.05, 3.63) is 100 Å². The second-order valence-corrected chi connectivity index (χ2v) is 7.41. The molecule has 0 spiro atoms. The number of benzene rings is 3. The quantitative estimate of drug-likeness (QED) is 0.449. The van der Waals surface area contributed by atoms with Gasteiger partial charge in [0, 0.05) is 11.1 Å². The molecule has 166 valence electrons. The fraction of sp³-hybridized carbons (Fsp3) is 0.120. The zero-order chi connectivity index (χ0) is 23.4. The lowest BCUT2D eigenvalue weighted by Crippen LogP contribution is -2.34. The summed E-state index contributed by atoms with van der Waals surface area (Å²) >= 11 is 0. The number of aromatic nitrogens is 2. The zero-order valence-electron chi connectivity index (χ0n) is 17.8. The SMILES string of the molecule is CC(C(=O)Nc1ccc(OCc2ccccc2)cc1)n1nc(C(=O)O)c2ccccc2c1=O. The van der Waals surface area contributed by atoms with Crippen molar-refractivity contribution >= 4 is 28.3 Å². The van der Waals surface area contributed by atoms with Gasteiger partial charge in [-0.15, -0.1) is 0 Å². The van der Waals surface area contributed by atoms with Crippen molar-refractivity contribution in [3.63, 3.8) is 0 Å². The van der Waals surface area contributed by atoms with Crippen LogP contribution in [0.2, 0.25) is 0 Å². The average Bonchev–Trinajstić information content (AvgIpc) is 2.84. The average molecular weight is 443 g/mol. The van der Waals surface area contributed by atoms with E-state index in [2.05, 4.69) is 10.4 Å². The first-order valence-corrected chi connectivity index (χ1v) is 10.3. The number of fused-ring (bicyclic) bond motifs is 1. The first kappa shape index (κ1) is 21.8. The van der Waals surface area contributed by atoms with Gasteiger partial charge >= 0.3 is 5.97 Å². The van der Waals surface area contributed by atoms with E-state index in [0.717, 1.165) is 10.2 Å². The van der Waals surface area contributed by atoms with Gasteiger partial charge in [-0.2, -0.15) is 5.10 Å². The van der Waals surface area contributed by atoms with E-state index < -0.39 is 23.5 Å². The largest absolute Gasteiger partial charge is 0.489 e. The smallest absolute Gasteiger partial charge is 0.357 e. The first-order chi connectivity index (χ1) is 15.9. The monoisotopic (exact) mass is 443 g/mol. The highest BCUT2D eigenvalue weighted by atomic mass is 16.5. The minimum Gasteiger partial charge on any atom is -0.489 e. The van der Waals surface area contributed by atoms with E-state index in [4.69, 9.17) is 4.74 Å². The summed E-state index contributed by atoms with van der Waals surface area (Å²) in [6.45, 7) is 1.91. The molecule has 0 fully saturated rings. The molecule has 0 saturated heterocycles. The van der Waals surface area contributed by atoms with Crippen LogP contribution in [0.1, 0.15) is 29.0 Å². The van der Waals surface area contributed by atoms with Gasteiger partial charge < -0.3 is 15.2 Å². The van der Waals surface area contributed by atoms with Crippen molar-refractivity contribution in [2.75, 3.05) is 5.32 Å². The molecule has 0 saturated carbocycles. The Morgan fingerprint density at radius 1 is 0.970 bits per heavy atom. The van der Waals surface area contributed by atoms with Gasteiger partial charge in [0.2, 0.25) is 5.91 Å². The summed E-state index contributed by atoms with van der Waals surface area (Å²) in [5.41, 5.74) is 0.719. The van der Waals surface area contributed by atoms with E-state index in [9.17, 15) is 19.5 Å². The van der Waals surface area contributed by atoms with E-state index in [1.54, 1.807) is 36.4 Å². The fourth-order valence-electron chi connectivity index (χ4n) is 3.36. The lowest BCUT2D eigenvalue weighted by atomic mass is 10.1. The van der Waals surface area contributed by atoms with Gasteiger partial charge in [0.25, 0.3) is 5.56 Å². The molecule has 4 rings (SSSR count). The van der Waals surface area contributed by atoms with Crippen LogP contribution in [0.25, 0.3) is 10.8 Å². The predicted octanol–water partition coefficient (Wildman–Crippen LogP) is 3.87. The Kier molecular flexibility index (Phi) is 6.17. The van der Waals surface area contributed by atoms with Crippen molar-refractivity contribution < 1.29 is 19.4 Å². The second-order valence-electron chi connectivity index (χ2n) is 7.41. The number of nitrogens with zero attached hydrogens (tertiary/aromatic N) is 2. The number of carbonyl (C=O) groups excluding carboxylic acids is 1. The number of hydrogen-bond donors (Lipinski definition) is 2. The van der Waals surface area contributed by atoms with Gasteiger partial charge in [0.05, 0.1) is 5.39 Å². The van der Waals surface area contributed by atoms with E-state index in [-0.39, 0.29) is 16.5 Å². The maximum absolute atomic E-state index is 12.8. The van der Waals surface area contributed by atoms with Crippen molar-refractivity contribution in [2.45, 2.75) is 19.6 Å². The van der Waals surface area contributed by atoms with Crippen LogP contribution in [0.15, 0.2) is 83.7 Å². The topological polar surface area (TPSA) is 111 Å². The normalized spacial score (nSPS) is 11.7. The minimum atomic E-state index is -1.28. The molecule has 0 radical (unpaired) electrons. The van der Waals surface area contributed by atoms with Crippen LogP contribution in [0.4, 0.5) is 5.69 Å². The van der Waals surface area contributed by atoms with Crippen molar-refractivity contribution in [2.24, 2.45) is 0 Å². The minimum absolute atomic E-state index is 0.185. The lowest BCUT2D eigenvalue weighted by Gasteiger charge is -2.16. The highest BCUT2D eigenvalue weighted by molar-refractivity contribution is 6.01. The molecule has 1 amide bonds. The summed E-state index contributed by atoms with van der Waals surface area (Å²) in [5.74, 6) is -1.14. The van der Waals surface area contributed by atoms with Crippen molar-refractivity contribution in [3.8, 4) is 5.75 Å². The Morgan fingerprint density at radius 2 is 1.61 bits per heavy atom. The summed E-state index contributed by atoms with van der Waals surface area (Å²) in [5, 5.41) is 16.6. The molecule has 0 bridgehead atoms. The molecule has 1 unspecified atom stereocenters. The number of aromatic carboxylic acids is 1. The molecule has 8 heteroatoms. The molecule has 1 atom stereocenters. The summed E-state index contributed by atoms with van der Waals surface area (Å²) in [6.07, 6.45) is 0. The number of ether oxygens (including phenoxy) is 1. The molecule has 8 nitrogen and oxygen atoms in total. The molecule has 3 aromatic carbocycles. The summed E-state index contributed by atoms with van der Waals surface area (Å²) in [6, 6.07) is 21.8. The van der Waals surface area contributed by atoms with Crippen molar-refractivity contribution in [1.82, 2.24) is 9.78 Å². The van der Waals surface area contributed by atoms with Gasteiger partial charge in [-0.25, -0.2) is 9.48 Å². The van der Waals surface area contributed by atoms with Gasteiger partial charge in [0.1, 0.15) is 18.4 Å². The van der Waals surface area contributed by atoms with Crippen LogP contribution in [0, 0.1) is 0 Å². The molecule has 4 aromatic rings. The van der Waals surface area contributed by atoms with Crippen LogP contribution < -0.4 is 15.6 Å². The zero-order valence-corrected chi connectivity index (χ0v) is 17.8. The highest BCUT2D eigenvalue weighted by Crippen LogP contribution is 2.19. The molecule has 0 aliphatic heterocycles. The van der Waals surface area contributed by atoms with Crippen LogP contribution in [-0.2, 0) is 11.4 Å². The van der Waals surface area contributed by atoms with Crippen LogP contribution >= 0.6 is 0 Å². The number of hydrogen-bond acceptors (Lipinski definition) is 5. The molecule has 33 heavy (non-hydrogen) atoms. The molecular formula is C25H21N3O5. The third kappa shape index (κ3) is 4.74. The molecule has 1 heterocycles. The standard InChI is InChI=1S/C25H21N3O5/c1-16(28-24(30)21-10-6-5-9-20(21)22(27-28)25(31)32)23(29)26-18-11-13-19(14-12-18)33-15-17-7-3-2-4-8-17/h2-14,16H,15H2,1H3,(H,26,29)(H,31,32). The molecular weight excluding hydrogens is 422 g/mol. The van der Waals surface area contributed by atoms with E-state index >= 15 is 0 Å². The van der Waals surface area contributed by atoms with E-state index in [0.29, 0.717) is 18.0 Å². The van der Waals surface area contributed by atoms with Crippen molar-refractivity contribution in [1.29, 1.82) is 0 Å². The summed E-state index contributed by atoms with van der Waals surface area (Å²) in [4.78, 5) is 37.3. The molecule has 0 aliphatic rings. The Hall–Kier alpha value is -4.46. The van der Waals surface area contributed by atoms with Gasteiger partial charge in [-0.3, -0.25) is 9.59 Å². The van der Waals surface area contributed by atoms with E-state index in [1.165, 1.54) is 19.1 Å². The predicted molar refractivity (Wildman–Crippen MR) is 124 cm³/mol. The molecule has 2 N–H and O–H groups in total. The Morgan fingerprint density at radius 3 is 2.27 bits per heavy atom. The highest BCUT2D eigenvalue weighted by Gasteiger charge is 2.22. The number of nitrogens with one attached hydrogen (secondary N) is 1. The number of carboxylic acids is 1. The molecule has 0 aliphatic carbocycles. The van der Waals surface area contributed by atoms with Crippen LogP contribution in [-0.4, -0.2) is 26.8 Å². The van der Waals surface area contributed by atoms with Crippen LogP contribution in [0.5, 0.6) is 5.75 Å². The third-order valence-electron chi connectivity index (χ3n) is 5.15. The number of amides is 1. The summed E-state index contributed by atoms with van der Waals surface area (Å²) in [7, 11) is 0. The number of carboxylic acid groups (broad SMARTS) is 1. The number of carbonyl (C=O) groups is 2. The first-order valence-electron chi connectivity index (χ1n) is 10.3. The van der Waals surface area contributed by atoms with Gasteiger partial charge in [0.15, 0.2) is 5.69 Å². The van der Waals surface area contributed by atoms with E-state index in [1.807, 2.05) is 30.3 Å². The number of anilines is 1. The fourth-order valence-corrected chi connectivity index (χ4v) is 3.36. The maximum atomic E-state index is 12.8. The van der Waals surface area contributed by atoms with Gasteiger partial charge in [-0.1, -0.05) is 48.5 Å². The van der Waals surface area contributed by atoms with Gasteiger partial charge in [-0.05, 0) is 42.8 Å². The Balaban J connectivity index is 1.50. The maximum Gasteiger partial charge on any atom is 0.357 e. The lowest BCUT2D eigenvalue weighted by molar-refractivity contribution is -0.119. The summed E-state index contributed by atoms with van der Waals surface area (Å²) < 4.78 is 6.64. The second kappa shape index (κ2) is 9.35. The molecule has 1 aromatic heterocycles. The Labute approximate surface area is 189 Å². The Bertz CT molecular complexity index is 1360. The third-order valence-corrected chi connectivity index (χ3v) is 5.15.